The molecule has 1 fully saturated rings. The lowest BCUT2D eigenvalue weighted by atomic mass is 9.65. The Kier molecular flexibility index (Phi) is 8.05. The number of ether oxygens (including phenoxy) is 6. The number of esters is 1. The van der Waals surface area contributed by atoms with Crippen LogP contribution in [0.3, 0.4) is 0 Å². The fourth-order valence-electron chi connectivity index (χ4n) is 7.15. The molecule has 4 atom stereocenters. The van der Waals surface area contributed by atoms with E-state index in [1.54, 1.807) is 42.5 Å². The third-order valence-electron chi connectivity index (χ3n) is 9.33. The Bertz CT molecular complexity index is 1990. The van der Waals surface area contributed by atoms with Crippen molar-refractivity contribution in [3.63, 3.8) is 0 Å². The highest BCUT2D eigenvalue weighted by molar-refractivity contribution is 6.45. The molecular formula is C36H35N3O10. The number of nitrogens with one attached hydrogen (secondary N) is 3. The van der Waals surface area contributed by atoms with Crippen molar-refractivity contribution in [3.05, 3.63) is 76.5 Å². The number of methoxy groups -OCH3 is 3. The number of rotatable bonds is 9. The smallest absolute Gasteiger partial charge is 0.310 e. The van der Waals surface area contributed by atoms with Gasteiger partial charge in [-0.1, -0.05) is 0 Å². The third-order valence-corrected chi connectivity index (χ3v) is 9.33. The summed E-state index contributed by atoms with van der Waals surface area (Å²) in [5.74, 6) is -2.10. The van der Waals surface area contributed by atoms with Gasteiger partial charge in [0.25, 0.3) is 17.6 Å². The molecule has 0 bridgehead atoms. The van der Waals surface area contributed by atoms with E-state index in [4.69, 9.17) is 28.4 Å². The number of H-pyrrole nitrogens is 1. The van der Waals surface area contributed by atoms with Crippen molar-refractivity contribution in [1.82, 2.24) is 15.6 Å². The summed E-state index contributed by atoms with van der Waals surface area (Å²) in [5, 5.41) is 6.20. The first-order valence-corrected chi connectivity index (χ1v) is 15.8. The van der Waals surface area contributed by atoms with Crippen LogP contribution in [0.5, 0.6) is 28.7 Å². The fourth-order valence-corrected chi connectivity index (χ4v) is 7.15. The molecule has 0 saturated carbocycles. The highest BCUT2D eigenvalue weighted by Crippen LogP contribution is 2.55. The average molecular weight is 670 g/mol. The van der Waals surface area contributed by atoms with Crippen LogP contribution >= 0.6 is 0 Å². The highest BCUT2D eigenvalue weighted by atomic mass is 16.7. The SMILES string of the molecule is COc1cc([C@@H]2c3cc4c(cc3[C@H](NC(=O)C(=O)c3c[nH]c5ccc(C(=O)NC(C)C)cc35)[C@H]3COC(=O)[C@H]23)OCO4)cc(OC)c1OC. The Morgan fingerprint density at radius 1 is 0.898 bits per heavy atom. The van der Waals surface area contributed by atoms with E-state index in [2.05, 4.69) is 15.6 Å². The van der Waals surface area contributed by atoms with Crippen molar-refractivity contribution in [1.29, 1.82) is 0 Å². The van der Waals surface area contributed by atoms with Gasteiger partial charge in [-0.3, -0.25) is 19.2 Å². The maximum absolute atomic E-state index is 13.8. The minimum atomic E-state index is -0.879. The molecule has 0 radical (unpaired) electrons. The lowest BCUT2D eigenvalue weighted by Gasteiger charge is -2.39. The lowest BCUT2D eigenvalue weighted by molar-refractivity contribution is -0.141. The highest BCUT2D eigenvalue weighted by Gasteiger charge is 2.53. The van der Waals surface area contributed by atoms with Crippen LogP contribution in [-0.4, -0.2) is 69.3 Å². The molecule has 3 aliphatic rings. The number of Topliss-reactive ketones (excluding diaryl/α,β-unsaturated/α-hetero) is 1. The van der Waals surface area contributed by atoms with Crippen molar-refractivity contribution in [2.24, 2.45) is 11.8 Å². The van der Waals surface area contributed by atoms with Gasteiger partial charge in [-0.05, 0) is 73.0 Å². The zero-order chi connectivity index (χ0) is 34.6. The van der Waals surface area contributed by atoms with Crippen LogP contribution in [0, 0.1) is 11.8 Å². The summed E-state index contributed by atoms with van der Waals surface area (Å²) < 4.78 is 33.9. The molecule has 13 heteroatoms. The molecule has 13 nitrogen and oxygen atoms in total. The number of fused-ring (bicyclic) bond motifs is 4. The van der Waals surface area contributed by atoms with Gasteiger partial charge in [-0.25, -0.2) is 0 Å². The largest absolute Gasteiger partial charge is 0.493 e. The first-order chi connectivity index (χ1) is 23.6. The molecule has 1 aromatic heterocycles. The second kappa shape index (κ2) is 12.4. The standard InChI is InChI=1S/C36H35N3O10/c1-16(2)38-34(41)17-6-7-24-19(8-17)22(13-37-24)32(40)35(42)39-31-21-12-26-25(48-15-49-26)11-20(21)29(30-23(31)14-47-36(30)43)18-9-27(44-3)33(46-5)28(10-18)45-4/h6-13,16,23,29-31,37H,14-15H2,1-5H3,(H,38,41)(H,39,42)/t23-,29+,30-,31-/m0/s1. The molecule has 2 amide bonds. The molecule has 254 valence electrons. The molecule has 4 aromatic rings. The lowest BCUT2D eigenvalue weighted by Crippen LogP contribution is -2.44. The summed E-state index contributed by atoms with van der Waals surface area (Å²) >= 11 is 0. The quantitative estimate of drug-likeness (QED) is 0.135. The van der Waals surface area contributed by atoms with Crippen LogP contribution in [-0.2, 0) is 14.3 Å². The van der Waals surface area contributed by atoms with Crippen LogP contribution in [0.25, 0.3) is 10.9 Å². The predicted molar refractivity (Wildman–Crippen MR) is 175 cm³/mol. The molecule has 2 aliphatic heterocycles. The molecule has 0 spiro atoms. The number of carbonyl (C=O) groups is 4. The molecule has 1 saturated heterocycles. The normalized spacial score (nSPS) is 20.3. The van der Waals surface area contributed by atoms with Gasteiger partial charge >= 0.3 is 5.97 Å². The van der Waals surface area contributed by atoms with Crippen molar-refractivity contribution in [2.75, 3.05) is 34.7 Å². The summed E-state index contributed by atoms with van der Waals surface area (Å²) in [6.45, 7) is 3.72. The Hall–Kier alpha value is -5.72. The number of hydrogen-bond donors (Lipinski definition) is 3. The maximum atomic E-state index is 13.8. The fraction of sp³-hybridized carbons (Fsp3) is 0.333. The van der Waals surface area contributed by atoms with E-state index in [-0.39, 0.29) is 30.9 Å². The zero-order valence-electron chi connectivity index (χ0n) is 27.5. The number of ketones is 1. The Morgan fingerprint density at radius 2 is 1.59 bits per heavy atom. The van der Waals surface area contributed by atoms with E-state index >= 15 is 0 Å². The second-order valence-corrected chi connectivity index (χ2v) is 12.5. The van der Waals surface area contributed by atoms with E-state index in [0.717, 1.165) is 0 Å². The van der Waals surface area contributed by atoms with Gasteiger partial charge < -0.3 is 44.0 Å². The Balaban J connectivity index is 1.29. The topological polar surface area (TPSA) is 164 Å². The molecule has 3 heterocycles. The molecule has 49 heavy (non-hydrogen) atoms. The predicted octanol–water partition coefficient (Wildman–Crippen LogP) is 4.04. The van der Waals surface area contributed by atoms with Gasteiger partial charge in [0.05, 0.1) is 45.5 Å². The summed E-state index contributed by atoms with van der Waals surface area (Å²) in [5.41, 5.74) is 3.09. The summed E-state index contributed by atoms with van der Waals surface area (Å²) in [6.07, 6.45) is 1.45. The van der Waals surface area contributed by atoms with Gasteiger partial charge in [0, 0.05) is 40.5 Å². The Labute approximate surface area is 281 Å². The number of benzene rings is 3. The summed E-state index contributed by atoms with van der Waals surface area (Å²) in [4.78, 5) is 56.9. The molecule has 7 rings (SSSR count). The number of aromatic amines is 1. The van der Waals surface area contributed by atoms with Gasteiger partial charge in [-0.15, -0.1) is 0 Å². The average Bonchev–Trinajstić information content (AvgIpc) is 3.84. The maximum Gasteiger partial charge on any atom is 0.310 e. The summed E-state index contributed by atoms with van der Waals surface area (Å²) in [6, 6.07) is 11.2. The van der Waals surface area contributed by atoms with E-state index < -0.39 is 41.5 Å². The van der Waals surface area contributed by atoms with Crippen molar-refractivity contribution in [3.8, 4) is 28.7 Å². The van der Waals surface area contributed by atoms with Crippen LogP contribution < -0.4 is 34.3 Å². The minimum Gasteiger partial charge on any atom is -0.493 e. The number of cyclic esters (lactones) is 1. The number of hydrogen-bond acceptors (Lipinski definition) is 10. The first kappa shape index (κ1) is 31.9. The monoisotopic (exact) mass is 669 g/mol. The van der Waals surface area contributed by atoms with Gasteiger partial charge in [-0.2, -0.15) is 0 Å². The molecule has 0 unspecified atom stereocenters. The van der Waals surface area contributed by atoms with Crippen LogP contribution in [0.2, 0.25) is 0 Å². The van der Waals surface area contributed by atoms with Crippen molar-refractivity contribution < 1.29 is 47.6 Å². The number of amides is 2. The minimum absolute atomic E-state index is 0.00916. The Morgan fingerprint density at radius 3 is 2.24 bits per heavy atom. The van der Waals surface area contributed by atoms with Crippen molar-refractivity contribution in [2.45, 2.75) is 31.8 Å². The van der Waals surface area contributed by atoms with E-state index in [1.165, 1.54) is 27.5 Å². The van der Waals surface area contributed by atoms with Crippen molar-refractivity contribution >= 4 is 34.5 Å². The van der Waals surface area contributed by atoms with Gasteiger partial charge in [0.1, 0.15) is 0 Å². The zero-order valence-corrected chi connectivity index (χ0v) is 27.5. The molecule has 1 aliphatic carbocycles. The van der Waals surface area contributed by atoms with Crippen LogP contribution in [0.4, 0.5) is 0 Å². The second-order valence-electron chi connectivity index (χ2n) is 12.5. The first-order valence-electron chi connectivity index (χ1n) is 15.8. The summed E-state index contributed by atoms with van der Waals surface area (Å²) in [7, 11) is 4.53. The van der Waals surface area contributed by atoms with Crippen LogP contribution in [0.15, 0.2) is 48.7 Å². The third kappa shape index (κ3) is 5.35. The van der Waals surface area contributed by atoms with Crippen LogP contribution in [0.1, 0.15) is 63.2 Å². The van der Waals surface area contributed by atoms with E-state index in [9.17, 15) is 19.2 Å². The molecule has 3 aromatic carbocycles. The molecular weight excluding hydrogens is 634 g/mol. The van der Waals surface area contributed by atoms with E-state index in [0.29, 0.717) is 61.9 Å². The van der Waals surface area contributed by atoms with E-state index in [1.807, 2.05) is 13.8 Å². The number of carbonyl (C=O) groups excluding carboxylic acids is 4. The van der Waals surface area contributed by atoms with Gasteiger partial charge in [0.15, 0.2) is 23.0 Å². The van der Waals surface area contributed by atoms with Gasteiger partial charge in [0.2, 0.25) is 12.5 Å². The number of aromatic nitrogens is 1. The molecule has 3 N–H and O–H groups in total.